The monoisotopic (exact) mass is 424 g/mol. The Labute approximate surface area is 176 Å². The molecule has 1 aromatic heterocycles. The maximum absolute atomic E-state index is 11.5. The number of nitro groups is 1. The number of rotatable bonds is 5. The smallest absolute Gasteiger partial charge is 0.282 e. The van der Waals surface area contributed by atoms with Crippen molar-refractivity contribution in [3.05, 3.63) is 67.8 Å². The highest BCUT2D eigenvalue weighted by atomic mass is 32.1. The van der Waals surface area contributed by atoms with E-state index in [9.17, 15) is 10.1 Å². The number of aryl methyl sites for hydroxylation is 1. The molecule has 0 N–H and O–H groups in total. The Bertz CT molecular complexity index is 1190. The molecule has 0 bridgehead atoms. The van der Waals surface area contributed by atoms with Crippen molar-refractivity contribution in [2.45, 2.75) is 26.8 Å². The number of nitrogens with zero attached hydrogens (tertiary/aromatic N) is 4. The summed E-state index contributed by atoms with van der Waals surface area (Å²) in [6.07, 6.45) is 1.46. The fourth-order valence-corrected chi connectivity index (χ4v) is 3.94. The molecule has 0 saturated carbocycles. The molecule has 8 nitrogen and oxygen atoms in total. The van der Waals surface area contributed by atoms with Crippen molar-refractivity contribution in [1.82, 2.24) is 4.68 Å². The van der Waals surface area contributed by atoms with Crippen LogP contribution in [0.1, 0.15) is 25.0 Å². The Morgan fingerprint density at radius 3 is 2.57 bits per heavy atom. The quantitative estimate of drug-likeness (QED) is 0.346. The summed E-state index contributed by atoms with van der Waals surface area (Å²) in [7, 11) is 0. The minimum atomic E-state index is -0.456. The lowest BCUT2D eigenvalue weighted by atomic mass is 10.1. The van der Waals surface area contributed by atoms with E-state index < -0.39 is 4.92 Å². The summed E-state index contributed by atoms with van der Waals surface area (Å²) in [4.78, 5) is 16.4. The van der Waals surface area contributed by atoms with Gasteiger partial charge in [-0.05, 0) is 26.8 Å². The predicted octanol–water partition coefficient (Wildman–Crippen LogP) is 4.35. The molecule has 30 heavy (non-hydrogen) atoms. The molecule has 2 heterocycles. The summed E-state index contributed by atoms with van der Waals surface area (Å²) in [6, 6.07) is 11.1. The zero-order valence-electron chi connectivity index (χ0n) is 16.7. The predicted molar refractivity (Wildman–Crippen MR) is 115 cm³/mol. The summed E-state index contributed by atoms with van der Waals surface area (Å²) in [5.74, 6) is 0.820. The molecule has 0 radical (unpaired) electrons. The molecule has 0 atom stereocenters. The van der Waals surface area contributed by atoms with Gasteiger partial charge in [0.1, 0.15) is 0 Å². The number of nitro benzene ring substituents is 1. The van der Waals surface area contributed by atoms with Crippen molar-refractivity contribution in [2.24, 2.45) is 10.1 Å². The summed E-state index contributed by atoms with van der Waals surface area (Å²) >= 11 is 1.47. The first kappa shape index (κ1) is 19.8. The first-order valence-electron chi connectivity index (χ1n) is 9.36. The van der Waals surface area contributed by atoms with Crippen LogP contribution in [0.25, 0.3) is 11.3 Å². The number of benzene rings is 2. The average molecular weight is 424 g/mol. The van der Waals surface area contributed by atoms with E-state index in [1.54, 1.807) is 10.7 Å². The summed E-state index contributed by atoms with van der Waals surface area (Å²) in [5, 5.41) is 18.1. The van der Waals surface area contributed by atoms with E-state index in [1.807, 2.05) is 50.4 Å². The second-order valence-corrected chi connectivity index (χ2v) is 7.91. The standard InChI is InChI=1S/C21H20N4O4S/c1-13(2)23-21-24(18(11-30-21)15-6-4-14(3)5-7-15)22-10-16-8-19-20(29-12-28-19)9-17(16)25(26)27/h4-11,13H,12H2,1-3H3. The Kier molecular flexibility index (Phi) is 5.37. The van der Waals surface area contributed by atoms with Crippen LogP contribution in [-0.4, -0.2) is 28.6 Å². The van der Waals surface area contributed by atoms with Crippen LogP contribution >= 0.6 is 11.3 Å². The van der Waals surface area contributed by atoms with Crippen LogP contribution < -0.4 is 14.3 Å². The van der Waals surface area contributed by atoms with Crippen molar-refractivity contribution >= 4 is 23.2 Å². The summed E-state index contributed by atoms with van der Waals surface area (Å²) < 4.78 is 12.3. The van der Waals surface area contributed by atoms with Crippen LogP contribution in [0.4, 0.5) is 5.69 Å². The van der Waals surface area contributed by atoms with E-state index >= 15 is 0 Å². The average Bonchev–Trinajstić information content (AvgIpc) is 3.32. The van der Waals surface area contributed by atoms with Gasteiger partial charge in [0.25, 0.3) is 5.69 Å². The molecule has 154 valence electrons. The highest BCUT2D eigenvalue weighted by Gasteiger charge is 2.22. The molecule has 4 rings (SSSR count). The van der Waals surface area contributed by atoms with Crippen molar-refractivity contribution in [3.8, 4) is 22.8 Å². The van der Waals surface area contributed by atoms with E-state index in [4.69, 9.17) is 9.47 Å². The van der Waals surface area contributed by atoms with Gasteiger partial charge in [-0.1, -0.05) is 29.8 Å². The maximum Gasteiger partial charge on any atom is 0.282 e. The largest absolute Gasteiger partial charge is 0.454 e. The molecule has 0 spiro atoms. The number of thiazole rings is 1. The fourth-order valence-electron chi connectivity index (χ4n) is 2.97. The molecule has 0 saturated heterocycles. The topological polar surface area (TPSA) is 91.2 Å². The van der Waals surface area contributed by atoms with E-state index in [-0.39, 0.29) is 18.5 Å². The lowest BCUT2D eigenvalue weighted by Gasteiger charge is -2.05. The second kappa shape index (κ2) is 8.11. The number of ether oxygens (including phenoxy) is 2. The van der Waals surface area contributed by atoms with E-state index in [2.05, 4.69) is 10.1 Å². The molecule has 0 aliphatic carbocycles. The Hall–Kier alpha value is -3.46. The third-order valence-corrected chi connectivity index (χ3v) is 5.26. The minimum Gasteiger partial charge on any atom is -0.454 e. The molecular formula is C21H20N4O4S. The second-order valence-electron chi connectivity index (χ2n) is 7.07. The third kappa shape index (κ3) is 3.97. The number of fused-ring (bicyclic) bond motifs is 1. The van der Waals surface area contributed by atoms with Gasteiger partial charge in [-0.25, -0.2) is 4.68 Å². The highest BCUT2D eigenvalue weighted by molar-refractivity contribution is 7.07. The first-order chi connectivity index (χ1) is 14.4. The normalized spacial score (nSPS) is 13.5. The van der Waals surface area contributed by atoms with Crippen molar-refractivity contribution in [1.29, 1.82) is 0 Å². The van der Waals surface area contributed by atoms with Crippen molar-refractivity contribution in [2.75, 3.05) is 6.79 Å². The van der Waals surface area contributed by atoms with Crippen molar-refractivity contribution < 1.29 is 14.4 Å². The van der Waals surface area contributed by atoms with Crippen LogP contribution in [0.2, 0.25) is 0 Å². The van der Waals surface area contributed by atoms with Crippen LogP contribution in [0.3, 0.4) is 0 Å². The lowest BCUT2D eigenvalue weighted by molar-refractivity contribution is -0.385. The van der Waals surface area contributed by atoms with Crippen LogP contribution in [0, 0.1) is 17.0 Å². The van der Waals surface area contributed by atoms with Gasteiger partial charge >= 0.3 is 0 Å². The van der Waals surface area contributed by atoms with Gasteiger partial charge in [-0.2, -0.15) is 5.10 Å². The fraction of sp³-hybridized carbons (Fsp3) is 0.238. The molecule has 9 heteroatoms. The SMILES string of the molecule is Cc1ccc(-c2csc(=NC(C)C)n2N=Cc2cc3c(cc2[N+](=O)[O-])OCO3)cc1. The van der Waals surface area contributed by atoms with Gasteiger partial charge < -0.3 is 9.47 Å². The van der Waals surface area contributed by atoms with Crippen molar-refractivity contribution in [3.63, 3.8) is 0 Å². The van der Waals surface area contributed by atoms with Crippen LogP contribution in [-0.2, 0) is 0 Å². The van der Waals surface area contributed by atoms with Gasteiger partial charge in [-0.3, -0.25) is 15.1 Å². The summed E-state index contributed by atoms with van der Waals surface area (Å²) in [5.41, 5.74) is 3.23. The van der Waals surface area contributed by atoms with Gasteiger partial charge in [0, 0.05) is 17.0 Å². The number of aromatic nitrogens is 1. The molecule has 3 aromatic rings. The molecular weight excluding hydrogens is 404 g/mol. The molecule has 2 aromatic carbocycles. The Balaban J connectivity index is 1.83. The molecule has 1 aliphatic rings. The molecule has 0 amide bonds. The zero-order valence-corrected chi connectivity index (χ0v) is 17.5. The van der Waals surface area contributed by atoms with Gasteiger partial charge in [0.05, 0.1) is 28.5 Å². The van der Waals surface area contributed by atoms with Gasteiger partial charge in [0.15, 0.2) is 11.5 Å². The minimum absolute atomic E-state index is 0.0430. The van der Waals surface area contributed by atoms with Crippen LogP contribution in [0.15, 0.2) is 51.9 Å². The number of hydrogen-bond donors (Lipinski definition) is 0. The molecule has 0 unspecified atom stereocenters. The molecule has 1 aliphatic heterocycles. The first-order valence-corrected chi connectivity index (χ1v) is 10.2. The van der Waals surface area contributed by atoms with Gasteiger partial charge in [0.2, 0.25) is 11.6 Å². The zero-order chi connectivity index (χ0) is 21.3. The van der Waals surface area contributed by atoms with Gasteiger partial charge in [-0.15, -0.1) is 11.3 Å². The highest BCUT2D eigenvalue weighted by Crippen LogP contribution is 2.37. The van der Waals surface area contributed by atoms with E-state index in [0.29, 0.717) is 21.9 Å². The third-order valence-electron chi connectivity index (χ3n) is 4.43. The lowest BCUT2D eigenvalue weighted by Crippen LogP contribution is -2.14. The van der Waals surface area contributed by atoms with E-state index in [1.165, 1.54) is 23.6 Å². The summed E-state index contributed by atoms with van der Waals surface area (Å²) in [6.45, 7) is 6.05. The van der Waals surface area contributed by atoms with Crippen LogP contribution in [0.5, 0.6) is 11.5 Å². The molecule has 0 fully saturated rings. The number of hydrogen-bond acceptors (Lipinski definition) is 7. The Morgan fingerprint density at radius 1 is 1.20 bits per heavy atom. The van der Waals surface area contributed by atoms with E-state index in [0.717, 1.165) is 16.8 Å². The Morgan fingerprint density at radius 2 is 1.90 bits per heavy atom. The maximum atomic E-state index is 11.5.